The highest BCUT2D eigenvalue weighted by Gasteiger charge is 2.55. The van der Waals surface area contributed by atoms with Gasteiger partial charge in [-0.2, -0.15) is 0 Å². The van der Waals surface area contributed by atoms with Crippen molar-refractivity contribution in [1.29, 1.82) is 0 Å². The van der Waals surface area contributed by atoms with E-state index in [2.05, 4.69) is 45.9 Å². The van der Waals surface area contributed by atoms with Gasteiger partial charge in [0.2, 0.25) is 0 Å². The molecule has 4 fully saturated rings. The average molecular weight is 555 g/mol. The fourth-order valence-corrected chi connectivity index (χ4v) is 8.82. The molecule has 4 aliphatic carbocycles. The molecule has 0 heterocycles. The Bertz CT molecular complexity index is 942. The molecule has 0 amide bonds. The number of carbonyl (C=O) groups is 1. The average Bonchev–Trinajstić information content (AvgIpc) is 3.63. The van der Waals surface area contributed by atoms with Gasteiger partial charge in [0.05, 0.1) is 23.7 Å². The topological polar surface area (TPSA) is 77.8 Å². The molecule has 0 unspecified atom stereocenters. The van der Waals surface area contributed by atoms with E-state index in [1.807, 2.05) is 6.08 Å². The van der Waals surface area contributed by atoms with Crippen LogP contribution in [0.3, 0.4) is 0 Å². The fraction of sp³-hybridized carbons (Fsp3) is 0.806. The van der Waals surface area contributed by atoms with Crippen molar-refractivity contribution in [2.45, 2.75) is 155 Å². The van der Waals surface area contributed by atoms with E-state index >= 15 is 0 Å². The first-order valence-electron chi connectivity index (χ1n) is 16.7. The number of Topliss-reactive ketones (excluding diaryl/α,β-unsaturated/α-hetero) is 1. The lowest BCUT2D eigenvalue weighted by Crippen LogP contribution is -2.39. The van der Waals surface area contributed by atoms with Gasteiger partial charge in [-0.05, 0) is 93.3 Å². The van der Waals surface area contributed by atoms with Gasteiger partial charge in [-0.15, -0.1) is 0 Å². The van der Waals surface area contributed by atoms with Gasteiger partial charge in [0, 0.05) is 6.42 Å². The molecule has 0 aromatic carbocycles. The summed E-state index contributed by atoms with van der Waals surface area (Å²) >= 11 is 0. The number of aliphatic hydroxyl groups excluding tert-OH is 3. The molecule has 0 bridgehead atoms. The van der Waals surface area contributed by atoms with Crippen LogP contribution < -0.4 is 0 Å². The minimum absolute atomic E-state index is 0.0542. The van der Waals surface area contributed by atoms with E-state index < -0.39 is 23.7 Å². The number of unbranched alkanes of at least 4 members (excludes halogenated alkanes) is 5. The standard InChI is InChI=1S/C36H58O4/c1-5-6-7-8-9-10-13-32(39)36(21-22-36)33(40)18-20-34(2,3)31-17-16-30-27(12-11-19-35(30,31)4)15-14-26-23-28(37)25-29(38)24-26/h14-15,18,20,28-31,33,37-38,40H,5-13,16-17,19,21-25H2,1-4H3/b20-18+,27-15+/t28-,29-,30+,31-,33-,35+/m1/s1. The first-order valence-corrected chi connectivity index (χ1v) is 16.7. The first-order chi connectivity index (χ1) is 19.0. The summed E-state index contributed by atoms with van der Waals surface area (Å²) in [5.74, 6) is 1.37. The van der Waals surface area contributed by atoms with E-state index in [-0.39, 0.29) is 16.6 Å². The molecular formula is C36H58O4. The minimum Gasteiger partial charge on any atom is -0.393 e. The highest BCUT2D eigenvalue weighted by atomic mass is 16.3. The number of hydrogen-bond acceptors (Lipinski definition) is 4. The maximum absolute atomic E-state index is 13.1. The van der Waals surface area contributed by atoms with Crippen LogP contribution in [0.2, 0.25) is 0 Å². The normalized spacial score (nSPS) is 33.8. The minimum atomic E-state index is -0.668. The SMILES string of the molecule is CCCCCCCCC(=O)C1([C@H](O)/C=C/C(C)(C)[C@H]2CC[C@H]3/C(=C/C=C4C[C@@H](O)C[C@H](O)C4)CCC[C@]23C)CC1. The zero-order valence-electron chi connectivity index (χ0n) is 26.0. The van der Waals surface area contributed by atoms with Gasteiger partial charge in [0.15, 0.2) is 0 Å². The molecular weight excluding hydrogens is 496 g/mol. The van der Waals surface area contributed by atoms with Crippen LogP contribution in [0.4, 0.5) is 0 Å². The molecule has 0 aromatic heterocycles. The number of allylic oxidation sites excluding steroid dienone is 4. The molecule has 4 rings (SSSR count). The Morgan fingerprint density at radius 1 is 1.00 bits per heavy atom. The van der Waals surface area contributed by atoms with E-state index in [0.717, 1.165) is 37.7 Å². The Kier molecular flexibility index (Phi) is 10.6. The smallest absolute Gasteiger partial charge is 0.141 e. The summed E-state index contributed by atoms with van der Waals surface area (Å²) in [6.45, 7) is 9.37. The van der Waals surface area contributed by atoms with Crippen LogP contribution >= 0.6 is 0 Å². The van der Waals surface area contributed by atoms with Crippen molar-refractivity contribution in [3.05, 3.63) is 35.5 Å². The molecule has 3 N–H and O–H groups in total. The zero-order valence-corrected chi connectivity index (χ0v) is 26.0. The van der Waals surface area contributed by atoms with Crippen LogP contribution in [0.15, 0.2) is 35.5 Å². The van der Waals surface area contributed by atoms with Crippen molar-refractivity contribution in [2.24, 2.45) is 28.1 Å². The molecule has 0 saturated heterocycles. The summed E-state index contributed by atoms with van der Waals surface area (Å²) < 4.78 is 0. The Hall–Kier alpha value is -1.23. The van der Waals surface area contributed by atoms with Crippen LogP contribution in [-0.4, -0.2) is 39.4 Å². The summed E-state index contributed by atoms with van der Waals surface area (Å²) in [4.78, 5) is 13.1. The van der Waals surface area contributed by atoms with Crippen molar-refractivity contribution >= 4 is 5.78 Å². The van der Waals surface area contributed by atoms with Crippen molar-refractivity contribution in [3.8, 4) is 0 Å². The number of ketones is 1. The monoisotopic (exact) mass is 554 g/mol. The quantitative estimate of drug-likeness (QED) is 0.159. The van der Waals surface area contributed by atoms with Crippen molar-refractivity contribution in [2.75, 3.05) is 0 Å². The fourth-order valence-electron chi connectivity index (χ4n) is 8.82. The molecule has 0 radical (unpaired) electrons. The number of carbonyl (C=O) groups excluding carboxylic acids is 1. The molecule has 226 valence electrons. The van der Waals surface area contributed by atoms with E-state index in [1.165, 1.54) is 56.9 Å². The second-order valence-electron chi connectivity index (χ2n) is 14.8. The van der Waals surface area contributed by atoms with Crippen LogP contribution in [0.25, 0.3) is 0 Å². The summed E-state index contributed by atoms with van der Waals surface area (Å²) in [6, 6.07) is 0. The third-order valence-corrected chi connectivity index (χ3v) is 11.3. The van der Waals surface area contributed by atoms with Crippen LogP contribution in [0.5, 0.6) is 0 Å². The predicted molar refractivity (Wildman–Crippen MR) is 164 cm³/mol. The third kappa shape index (κ3) is 7.21. The van der Waals surface area contributed by atoms with Gasteiger partial charge < -0.3 is 15.3 Å². The van der Waals surface area contributed by atoms with E-state index in [1.54, 1.807) is 0 Å². The number of rotatable bonds is 13. The van der Waals surface area contributed by atoms with Gasteiger partial charge >= 0.3 is 0 Å². The third-order valence-electron chi connectivity index (χ3n) is 11.3. The molecule has 4 nitrogen and oxygen atoms in total. The number of aliphatic hydroxyl groups is 3. The first kappa shape index (κ1) is 31.7. The lowest BCUT2D eigenvalue weighted by Gasteiger charge is -2.47. The highest BCUT2D eigenvalue weighted by molar-refractivity contribution is 5.88. The van der Waals surface area contributed by atoms with E-state index in [9.17, 15) is 20.1 Å². The molecule has 4 heteroatoms. The maximum atomic E-state index is 13.1. The second-order valence-corrected chi connectivity index (χ2v) is 14.8. The Morgan fingerprint density at radius 2 is 1.68 bits per heavy atom. The molecule has 40 heavy (non-hydrogen) atoms. The highest BCUT2D eigenvalue weighted by Crippen LogP contribution is 2.62. The van der Waals surface area contributed by atoms with Gasteiger partial charge in [-0.1, -0.05) is 95.2 Å². The summed E-state index contributed by atoms with van der Waals surface area (Å²) in [5.41, 5.74) is 2.35. The summed E-state index contributed by atoms with van der Waals surface area (Å²) in [5, 5.41) is 31.4. The van der Waals surface area contributed by atoms with Gasteiger partial charge in [-0.25, -0.2) is 0 Å². The zero-order chi connectivity index (χ0) is 29.0. The van der Waals surface area contributed by atoms with E-state index in [4.69, 9.17) is 0 Å². The molecule has 6 atom stereocenters. The summed E-state index contributed by atoms with van der Waals surface area (Å²) in [6.07, 6.45) is 24.4. The van der Waals surface area contributed by atoms with E-state index in [0.29, 0.717) is 37.5 Å². The van der Waals surface area contributed by atoms with Crippen LogP contribution in [0, 0.1) is 28.1 Å². The van der Waals surface area contributed by atoms with Gasteiger partial charge in [0.25, 0.3) is 0 Å². The lowest BCUT2D eigenvalue weighted by molar-refractivity contribution is -0.127. The molecule has 0 aliphatic heterocycles. The predicted octanol–water partition coefficient (Wildman–Crippen LogP) is 8.00. The lowest BCUT2D eigenvalue weighted by atomic mass is 9.57. The largest absolute Gasteiger partial charge is 0.393 e. The number of fused-ring (bicyclic) bond motifs is 1. The maximum Gasteiger partial charge on any atom is 0.141 e. The molecule has 4 saturated carbocycles. The van der Waals surface area contributed by atoms with Gasteiger partial charge in [-0.3, -0.25) is 4.79 Å². The number of hydrogen-bond donors (Lipinski definition) is 3. The van der Waals surface area contributed by atoms with Crippen LogP contribution in [0.1, 0.15) is 137 Å². The second kappa shape index (κ2) is 13.4. The van der Waals surface area contributed by atoms with Crippen LogP contribution in [-0.2, 0) is 4.79 Å². The van der Waals surface area contributed by atoms with Crippen molar-refractivity contribution < 1.29 is 20.1 Å². The molecule has 0 aromatic rings. The Morgan fingerprint density at radius 3 is 2.35 bits per heavy atom. The van der Waals surface area contributed by atoms with Gasteiger partial charge in [0.1, 0.15) is 5.78 Å². The Balaban J connectivity index is 1.37. The molecule has 4 aliphatic rings. The summed E-state index contributed by atoms with van der Waals surface area (Å²) in [7, 11) is 0. The molecule has 0 spiro atoms. The van der Waals surface area contributed by atoms with Crippen molar-refractivity contribution in [1.82, 2.24) is 0 Å². The Labute approximate surface area is 244 Å². The van der Waals surface area contributed by atoms with Crippen molar-refractivity contribution in [3.63, 3.8) is 0 Å².